The molecule has 2 aromatic heterocycles. The van der Waals surface area contributed by atoms with Gasteiger partial charge in [-0.25, -0.2) is 4.98 Å². The van der Waals surface area contributed by atoms with Crippen LogP contribution in [0.4, 0.5) is 0 Å². The number of hydrogen-bond acceptors (Lipinski definition) is 4. The molecule has 0 spiro atoms. The summed E-state index contributed by atoms with van der Waals surface area (Å²) in [6, 6.07) is 40.2. The molecule has 4 nitrogen and oxygen atoms in total. The van der Waals surface area contributed by atoms with Crippen LogP contribution in [0.25, 0.3) is 71.8 Å². The quantitative estimate of drug-likeness (QED) is 0.195. The number of benzene rings is 6. The molecule has 0 aliphatic carbocycles. The fourth-order valence-corrected chi connectivity index (χ4v) is 6.46. The fraction of sp³-hybridized carbons (Fsp3) is 0. The summed E-state index contributed by atoms with van der Waals surface area (Å²) in [7, 11) is 0. The Labute approximate surface area is 236 Å². The molecule has 39 heavy (non-hydrogen) atoms. The molecule has 0 saturated carbocycles. The Morgan fingerprint density at radius 1 is 0.538 bits per heavy atom. The number of rotatable bonds is 3. The lowest BCUT2D eigenvalue weighted by Crippen LogP contribution is -1.99. The number of nitrogens with zero attached hydrogens (tertiary/aromatic N) is 4. The molecule has 6 heteroatoms. The highest BCUT2D eigenvalue weighted by Crippen LogP contribution is 2.41. The van der Waals surface area contributed by atoms with Crippen LogP contribution in [0.1, 0.15) is 0 Å². The van der Waals surface area contributed by atoms with Crippen molar-refractivity contribution in [3.05, 3.63) is 120 Å². The second-order valence-electron chi connectivity index (χ2n) is 9.52. The van der Waals surface area contributed by atoms with Gasteiger partial charge in [0.25, 0.3) is 0 Å². The monoisotopic (exact) mass is 582 g/mol. The molecule has 0 aliphatic heterocycles. The van der Waals surface area contributed by atoms with Crippen molar-refractivity contribution < 1.29 is 0 Å². The van der Waals surface area contributed by atoms with Gasteiger partial charge in [0.05, 0.1) is 22.8 Å². The molecule has 6 aromatic carbocycles. The first kappa shape index (κ1) is 22.6. The first-order valence-electron chi connectivity index (χ1n) is 12.7. The Hall–Kier alpha value is -4.39. The minimum atomic E-state index is 0.853. The van der Waals surface area contributed by atoms with Crippen molar-refractivity contribution in [1.29, 1.82) is 0 Å². The Balaban J connectivity index is 1.53. The molecule has 0 fully saturated rings. The van der Waals surface area contributed by atoms with E-state index in [1.165, 1.54) is 27.9 Å². The normalized spacial score (nSPS) is 11.7. The van der Waals surface area contributed by atoms with Crippen LogP contribution >= 0.6 is 27.7 Å². The summed E-state index contributed by atoms with van der Waals surface area (Å²) in [4.78, 5) is 5.38. The first-order chi connectivity index (χ1) is 19.3. The zero-order valence-corrected chi connectivity index (χ0v) is 22.9. The van der Waals surface area contributed by atoms with Crippen molar-refractivity contribution >= 4 is 71.3 Å². The third-order valence-corrected chi connectivity index (χ3v) is 8.42. The van der Waals surface area contributed by atoms with Crippen molar-refractivity contribution in [1.82, 2.24) is 18.3 Å². The van der Waals surface area contributed by atoms with Crippen LogP contribution in [0, 0.1) is 0 Å². The van der Waals surface area contributed by atoms with Gasteiger partial charge in [-0.3, -0.25) is 4.57 Å². The van der Waals surface area contributed by atoms with Crippen LogP contribution in [0.2, 0.25) is 0 Å². The van der Waals surface area contributed by atoms with E-state index in [0.29, 0.717) is 0 Å². The summed E-state index contributed by atoms with van der Waals surface area (Å²) >= 11 is 4.85. The predicted molar refractivity (Wildman–Crippen MR) is 166 cm³/mol. The molecule has 0 N–H and O–H groups in total. The maximum absolute atomic E-state index is 5.38. The van der Waals surface area contributed by atoms with E-state index in [0.717, 1.165) is 60.1 Å². The van der Waals surface area contributed by atoms with Gasteiger partial charge in [-0.1, -0.05) is 101 Å². The third kappa shape index (κ3) is 3.45. The highest BCUT2D eigenvalue weighted by molar-refractivity contribution is 9.10. The summed E-state index contributed by atoms with van der Waals surface area (Å²) < 4.78 is 12.8. The van der Waals surface area contributed by atoms with Crippen molar-refractivity contribution in [2.75, 3.05) is 0 Å². The Morgan fingerprint density at radius 2 is 1.13 bits per heavy atom. The average molecular weight is 584 g/mol. The second kappa shape index (κ2) is 8.83. The van der Waals surface area contributed by atoms with Crippen LogP contribution in [-0.4, -0.2) is 18.3 Å². The SMILES string of the molecule is Brc1ccc(-n2c(-c3ccc(-c4ccccc4)c4nsnc34)nc3c4ccccc4c4ccccc4c32)cc1. The molecule has 0 radical (unpaired) electrons. The van der Waals surface area contributed by atoms with Crippen LogP contribution in [-0.2, 0) is 0 Å². The third-order valence-electron chi connectivity index (χ3n) is 7.36. The summed E-state index contributed by atoms with van der Waals surface area (Å²) in [6.45, 7) is 0. The van der Waals surface area contributed by atoms with E-state index in [-0.39, 0.29) is 0 Å². The van der Waals surface area contributed by atoms with Gasteiger partial charge in [0.1, 0.15) is 16.9 Å². The molecule has 8 rings (SSSR count). The zero-order chi connectivity index (χ0) is 25.9. The van der Waals surface area contributed by atoms with E-state index < -0.39 is 0 Å². The number of fused-ring (bicyclic) bond motifs is 7. The number of aromatic nitrogens is 4. The fourth-order valence-electron chi connectivity index (χ4n) is 5.63. The predicted octanol–water partition coefficient (Wildman–Crippen LogP) is 9.43. The van der Waals surface area contributed by atoms with Gasteiger partial charge in [0, 0.05) is 32.1 Å². The lowest BCUT2D eigenvalue weighted by atomic mass is 10.00. The smallest absolute Gasteiger partial charge is 0.148 e. The molecule has 8 aromatic rings. The van der Waals surface area contributed by atoms with E-state index in [2.05, 4.69) is 130 Å². The van der Waals surface area contributed by atoms with Crippen LogP contribution in [0.15, 0.2) is 120 Å². The maximum atomic E-state index is 5.38. The second-order valence-corrected chi connectivity index (χ2v) is 11.0. The van der Waals surface area contributed by atoms with Gasteiger partial charge in [-0.2, -0.15) is 8.75 Å². The lowest BCUT2D eigenvalue weighted by Gasteiger charge is -2.13. The lowest BCUT2D eigenvalue weighted by molar-refractivity contribution is 1.11. The van der Waals surface area contributed by atoms with Crippen LogP contribution < -0.4 is 0 Å². The van der Waals surface area contributed by atoms with Gasteiger partial charge < -0.3 is 0 Å². The van der Waals surface area contributed by atoms with E-state index in [1.807, 2.05) is 6.07 Å². The zero-order valence-electron chi connectivity index (χ0n) is 20.5. The summed E-state index contributed by atoms with van der Waals surface area (Å²) in [5.41, 5.74) is 8.03. The van der Waals surface area contributed by atoms with Crippen molar-refractivity contribution in [2.24, 2.45) is 0 Å². The van der Waals surface area contributed by atoms with E-state index in [1.54, 1.807) is 0 Å². The molecule has 2 heterocycles. The topological polar surface area (TPSA) is 43.6 Å². The van der Waals surface area contributed by atoms with E-state index in [4.69, 9.17) is 13.7 Å². The molecule has 184 valence electrons. The molecule has 0 amide bonds. The highest BCUT2D eigenvalue weighted by atomic mass is 79.9. The molecule has 0 saturated heterocycles. The van der Waals surface area contributed by atoms with E-state index in [9.17, 15) is 0 Å². The van der Waals surface area contributed by atoms with E-state index >= 15 is 0 Å². The minimum Gasteiger partial charge on any atom is -0.292 e. The largest absolute Gasteiger partial charge is 0.292 e. The Morgan fingerprint density at radius 3 is 1.87 bits per heavy atom. The molecule has 0 bridgehead atoms. The Bertz CT molecular complexity index is 2180. The number of imidazole rings is 1. The van der Waals surface area contributed by atoms with Crippen LogP contribution in [0.5, 0.6) is 0 Å². The maximum Gasteiger partial charge on any atom is 0.148 e. The summed E-state index contributed by atoms with van der Waals surface area (Å²) in [5.74, 6) is 0.853. The minimum absolute atomic E-state index is 0.853. The Kier molecular flexibility index (Phi) is 5.11. The van der Waals surface area contributed by atoms with Gasteiger partial charge >= 0.3 is 0 Å². The summed E-state index contributed by atoms with van der Waals surface area (Å²) in [6.07, 6.45) is 0. The van der Waals surface area contributed by atoms with Gasteiger partial charge in [0.15, 0.2) is 0 Å². The first-order valence-corrected chi connectivity index (χ1v) is 14.2. The summed E-state index contributed by atoms with van der Waals surface area (Å²) in [5, 5.41) is 4.72. The standard InChI is InChI=1S/C33H19BrN4S/c34-21-14-16-22(17-15-21)38-32-27-13-7-5-11-25(27)24-10-4-6-12-26(24)31(32)35-33(38)28-19-18-23(20-8-2-1-3-9-20)29-30(28)37-39-36-29/h1-19H. The van der Waals surface area contributed by atoms with Crippen molar-refractivity contribution in [3.63, 3.8) is 0 Å². The highest BCUT2D eigenvalue weighted by Gasteiger charge is 2.23. The van der Waals surface area contributed by atoms with Crippen molar-refractivity contribution in [2.45, 2.75) is 0 Å². The van der Waals surface area contributed by atoms with Crippen molar-refractivity contribution in [3.8, 4) is 28.2 Å². The van der Waals surface area contributed by atoms with Crippen LogP contribution in [0.3, 0.4) is 0 Å². The number of halogens is 1. The molecular formula is C33H19BrN4S. The van der Waals surface area contributed by atoms with Gasteiger partial charge in [0.2, 0.25) is 0 Å². The van der Waals surface area contributed by atoms with Gasteiger partial charge in [-0.05, 0) is 46.7 Å². The molecule has 0 aliphatic rings. The number of hydrogen-bond donors (Lipinski definition) is 0. The molecule has 0 unspecified atom stereocenters. The van der Waals surface area contributed by atoms with Gasteiger partial charge in [-0.15, -0.1) is 0 Å². The molecular weight excluding hydrogens is 564 g/mol. The molecule has 0 atom stereocenters. The average Bonchev–Trinajstić information content (AvgIpc) is 3.64.